The Balaban J connectivity index is -0.00000000758. The molecule has 0 aromatic heterocycles. The molecule has 0 saturated carbocycles. The summed E-state index contributed by atoms with van der Waals surface area (Å²) in [7, 11) is 27.8. The topological polar surface area (TPSA) is 0 Å². The van der Waals surface area contributed by atoms with E-state index in [-0.39, 0.29) is 14.9 Å². The Morgan fingerprint density at radius 3 is 0.500 bits per heavy atom. The lowest BCUT2D eigenvalue weighted by atomic mass is 9.91. The second-order valence-electron chi connectivity index (χ2n) is 0.577. The summed E-state index contributed by atoms with van der Waals surface area (Å²) in [6, 6.07) is 0. The molecule has 0 saturated heterocycles. The Bertz CT molecular complexity index is 18.5. The molecule has 0 rings (SSSR count). The summed E-state index contributed by atoms with van der Waals surface area (Å²) >= 11 is 0. The van der Waals surface area contributed by atoms with Crippen molar-refractivity contribution in [2.24, 2.45) is 0 Å². The number of hydrogen-bond acceptors (Lipinski definition) is 0. The van der Waals surface area contributed by atoms with Crippen LogP contribution >= 0.6 is 0 Å². The van der Waals surface area contributed by atoms with Gasteiger partial charge in [0.15, 0.2) is 0 Å². The summed E-state index contributed by atoms with van der Waals surface area (Å²) in [6.45, 7) is 14.0. The Labute approximate surface area is 130 Å². The highest BCUT2D eigenvalue weighted by atomic mass is 13.4. The van der Waals surface area contributed by atoms with E-state index in [0.29, 0.717) is 12.6 Å². The van der Waals surface area contributed by atoms with Gasteiger partial charge in [0.2, 0.25) is 0 Å². The van der Waals surface area contributed by atoms with E-state index in [0.717, 1.165) is 0 Å². The van der Waals surface area contributed by atoms with Gasteiger partial charge in [0.1, 0.15) is 0 Å². The van der Waals surface area contributed by atoms with Crippen LogP contribution in [-0.2, 0) is 0 Å². The monoisotopic (exact) mass is 246 g/mol. The van der Waals surface area contributed by atoms with Gasteiger partial charge < -0.3 is 0 Å². The van der Waals surface area contributed by atoms with Crippen LogP contribution in [0.2, 0.25) is 39.9 Å². The summed E-state index contributed by atoms with van der Waals surface area (Å²) in [5, 5.41) is 0. The van der Waals surface area contributed by atoms with E-state index in [4.69, 9.17) is 15.7 Å². The maximum atomic E-state index is 4.90. The van der Waals surface area contributed by atoms with Gasteiger partial charge in [0.05, 0.1) is 47.1 Å². The average molecular weight is 245 g/mol. The fourth-order valence-corrected chi connectivity index (χ4v) is 0. The van der Waals surface area contributed by atoms with E-state index in [2.05, 4.69) is 31.4 Å². The van der Waals surface area contributed by atoms with E-state index in [1.807, 2.05) is 27.7 Å². The van der Waals surface area contributed by atoms with Crippen LogP contribution in [0, 0.1) is 0 Å². The van der Waals surface area contributed by atoms with Gasteiger partial charge in [-0.1, -0.05) is 82.5 Å². The van der Waals surface area contributed by atoms with Gasteiger partial charge >= 0.3 is 0 Å². The molecule has 0 N–H and O–H groups in total. The van der Waals surface area contributed by atoms with Crippen LogP contribution in [0.5, 0.6) is 0 Å². The third kappa shape index (κ3) is 2010. The van der Waals surface area contributed by atoms with Crippen molar-refractivity contribution >= 4 is 47.1 Å². The molecule has 0 heterocycles. The van der Waals surface area contributed by atoms with Crippen LogP contribution in [-0.4, -0.2) is 47.1 Å². The average Bonchev–Trinajstić information content (AvgIpc) is 2.51. The van der Waals surface area contributed by atoms with Crippen molar-refractivity contribution in [3.8, 4) is 0 Å². The first kappa shape index (κ1) is 63.1. The van der Waals surface area contributed by atoms with Crippen LogP contribution in [0.25, 0.3) is 0 Å². The molecule has 0 aliphatic rings. The van der Waals surface area contributed by atoms with Crippen molar-refractivity contribution in [1.82, 2.24) is 0 Å². The van der Waals surface area contributed by atoms with Gasteiger partial charge in [-0.2, -0.15) is 0 Å². The van der Waals surface area contributed by atoms with Gasteiger partial charge in [-0.3, -0.25) is 0 Å². The molecule has 0 amide bonds. The van der Waals surface area contributed by atoms with Crippen molar-refractivity contribution in [2.75, 3.05) is 0 Å². The van der Waals surface area contributed by atoms with Crippen molar-refractivity contribution in [3.63, 3.8) is 0 Å². The van der Waals surface area contributed by atoms with Gasteiger partial charge in [-0.15, -0.1) is 0 Å². The fraction of sp³-hybridized carbons (Fsp3) is 1.00. The predicted molar refractivity (Wildman–Crippen MR) is 104 cm³/mol. The first-order valence-corrected chi connectivity index (χ1v) is 5.63. The molecule has 0 aromatic carbocycles. The van der Waals surface area contributed by atoms with Crippen molar-refractivity contribution in [1.29, 1.82) is 0 Å². The third-order valence-electron chi connectivity index (χ3n) is 0.167. The summed E-state index contributed by atoms with van der Waals surface area (Å²) in [5.74, 6) is 0. The SMILES string of the molecule is C.C.CC.CC.[B]C.[B]C.[B]C.[B]C.[B]CC[B]. The molecule has 0 bridgehead atoms. The molecule has 0 aliphatic carbocycles. The maximum Gasteiger partial charge on any atom is 0.0643 e. The first-order chi connectivity index (χ1) is 7.91. The highest BCUT2D eigenvalue weighted by molar-refractivity contribution is 6.16. The molecular formula is C12H36B6. The largest absolute Gasteiger partial charge is 0.0999 e. The first-order valence-electron chi connectivity index (χ1n) is 5.63. The summed E-state index contributed by atoms with van der Waals surface area (Å²) in [4.78, 5) is 0. The molecule has 0 fully saturated rings. The van der Waals surface area contributed by atoms with E-state index in [9.17, 15) is 0 Å². The minimum absolute atomic E-state index is 0. The molecule has 102 valence electrons. The van der Waals surface area contributed by atoms with Crippen LogP contribution in [0.15, 0.2) is 0 Å². The molecular weight excluding hydrogens is 209 g/mol. The molecule has 0 unspecified atom stereocenters. The molecule has 6 heteroatoms. The molecule has 0 aliphatic heterocycles. The summed E-state index contributed by atoms with van der Waals surface area (Å²) < 4.78 is 0. The molecule has 12 radical (unpaired) electrons. The predicted octanol–water partition coefficient (Wildman–Crippen LogP) is 4.30. The van der Waals surface area contributed by atoms with Crippen LogP contribution < -0.4 is 0 Å². The second-order valence-corrected chi connectivity index (χ2v) is 0.577. The number of rotatable bonds is 1. The Morgan fingerprint density at radius 1 is 0.444 bits per heavy atom. The fourth-order valence-electron chi connectivity index (χ4n) is 0. The minimum Gasteiger partial charge on any atom is -0.0999 e. The molecule has 0 spiro atoms. The minimum atomic E-state index is 0. The number of hydrogen-bond donors (Lipinski definition) is 0. The lowest BCUT2D eigenvalue weighted by Gasteiger charge is -1.67. The van der Waals surface area contributed by atoms with Crippen molar-refractivity contribution in [2.45, 2.75) is 82.5 Å². The summed E-state index contributed by atoms with van der Waals surface area (Å²) in [5.41, 5.74) is 0. The van der Waals surface area contributed by atoms with Gasteiger partial charge in [0.25, 0.3) is 0 Å². The Morgan fingerprint density at radius 2 is 0.500 bits per heavy atom. The van der Waals surface area contributed by atoms with E-state index < -0.39 is 0 Å². The highest BCUT2D eigenvalue weighted by Gasteiger charge is 1.57. The van der Waals surface area contributed by atoms with Gasteiger partial charge in [-0.05, 0) is 0 Å². The zero-order valence-corrected chi connectivity index (χ0v) is 12.9. The molecule has 18 heavy (non-hydrogen) atoms. The van der Waals surface area contributed by atoms with Crippen molar-refractivity contribution in [3.05, 3.63) is 0 Å². The lowest BCUT2D eigenvalue weighted by molar-refractivity contribution is 1.46. The van der Waals surface area contributed by atoms with Crippen LogP contribution in [0.4, 0.5) is 0 Å². The van der Waals surface area contributed by atoms with Gasteiger partial charge in [0, 0.05) is 0 Å². The standard InChI is InChI=1S/C2H4B2.2C2H6.4CH3B.2CH4/c3-1-2-4;6*1-2;;/h1-2H2;2*1-2H3;4*1H3;2*1H4. The maximum absolute atomic E-state index is 4.90. The van der Waals surface area contributed by atoms with Crippen LogP contribution in [0.3, 0.4) is 0 Å². The molecule has 0 atom stereocenters. The lowest BCUT2D eigenvalue weighted by Crippen LogP contribution is -1.60. The van der Waals surface area contributed by atoms with E-state index in [1.54, 1.807) is 0 Å². The summed E-state index contributed by atoms with van der Waals surface area (Å²) in [6.07, 6.45) is 1.19. The quantitative estimate of drug-likeness (QED) is 0.604. The zero-order chi connectivity index (χ0) is 15.4. The third-order valence-corrected chi connectivity index (χ3v) is 0.167. The van der Waals surface area contributed by atoms with E-state index in [1.165, 1.54) is 27.3 Å². The normalized spacial score (nSPS) is 3.33. The zero-order valence-electron chi connectivity index (χ0n) is 12.9. The second kappa shape index (κ2) is 818. The van der Waals surface area contributed by atoms with Gasteiger partial charge in [-0.25, -0.2) is 0 Å². The molecule has 0 nitrogen and oxygen atoms in total. The van der Waals surface area contributed by atoms with Crippen LogP contribution in [0.1, 0.15) is 42.5 Å². The smallest absolute Gasteiger partial charge is 0.0643 e. The van der Waals surface area contributed by atoms with Crippen molar-refractivity contribution < 1.29 is 0 Å². The molecule has 0 aromatic rings. The van der Waals surface area contributed by atoms with E-state index >= 15 is 0 Å². The Kier molecular flexibility index (Phi) is 2870. The Hall–Kier alpha value is 0.390. The highest BCUT2D eigenvalue weighted by Crippen LogP contribution is 1.70.